The van der Waals surface area contributed by atoms with Crippen LogP contribution in [0.15, 0.2) is 0 Å². The highest BCUT2D eigenvalue weighted by Gasteiger charge is 2.24. The number of unbranched alkanes of at least 4 members (excludes halogenated alkanes) is 12. The molecule has 45 heavy (non-hydrogen) atoms. The summed E-state index contributed by atoms with van der Waals surface area (Å²) in [4.78, 5) is 0. The lowest BCUT2D eigenvalue weighted by Gasteiger charge is -2.34. The molecule has 0 amide bonds. The third kappa shape index (κ3) is 34.2. The largest absolute Gasteiger partial charge is 0.324 e. The summed E-state index contributed by atoms with van der Waals surface area (Å²) in [6.07, 6.45) is 24.8. The first-order valence-electron chi connectivity index (χ1n) is 20.3. The molecule has 0 aromatic carbocycles. The van der Waals surface area contributed by atoms with E-state index in [9.17, 15) is 0 Å². The minimum Gasteiger partial charge on any atom is -0.324 e. The second-order valence-corrected chi connectivity index (χ2v) is 31.6. The molecule has 3 nitrogen and oxygen atoms in total. The maximum atomic E-state index is 2.82. The number of nitrogens with zero attached hydrogens (tertiary/aromatic N) is 3. The molecule has 0 N–H and O–H groups in total. The van der Waals surface area contributed by atoms with Crippen LogP contribution in [0.3, 0.4) is 0 Å². The quantitative estimate of drug-likeness (QED) is 0.0628. The van der Waals surface area contributed by atoms with Crippen molar-refractivity contribution in [2.45, 2.75) is 216 Å². The molecule has 0 aliphatic rings. The molecule has 0 spiro atoms. The molecule has 0 fully saturated rings. The second-order valence-electron chi connectivity index (χ2n) is 16.7. The Hall–Kier alpha value is 0.531. The monoisotopic (exact) mass is 688 g/mol. The van der Waals surface area contributed by atoms with Crippen LogP contribution in [0, 0.1) is 0 Å². The zero-order valence-electron chi connectivity index (χ0n) is 34.8. The van der Waals surface area contributed by atoms with Crippen molar-refractivity contribution in [1.82, 2.24) is 13.7 Å². The fraction of sp³-hybridized carbons (Fsp3) is 1.00. The van der Waals surface area contributed by atoms with Crippen LogP contribution in [-0.2, 0) is 0 Å². The van der Waals surface area contributed by atoms with Crippen LogP contribution in [0.2, 0.25) is 58.9 Å². The van der Waals surface area contributed by atoms with Gasteiger partial charge in [0.15, 0.2) is 0 Å². The van der Waals surface area contributed by atoms with Gasteiger partial charge in [0, 0.05) is 0 Å². The first-order chi connectivity index (χ1) is 21.1. The van der Waals surface area contributed by atoms with E-state index in [1.807, 2.05) is 0 Å². The predicted octanol–water partition coefficient (Wildman–Crippen LogP) is 13.5. The molecule has 0 rings (SSSR count). The molecule has 0 bridgehead atoms. The molecule has 0 aromatic heterocycles. The molecule has 0 atom stereocenters. The van der Waals surface area contributed by atoms with Crippen molar-refractivity contribution in [2.24, 2.45) is 0 Å². The third-order valence-corrected chi connectivity index (χ3v) is 16.1. The first kappa shape index (κ1) is 49.9. The van der Waals surface area contributed by atoms with Gasteiger partial charge in [0.2, 0.25) is 0 Å². The Labute approximate surface area is 292 Å². The summed E-state index contributed by atoms with van der Waals surface area (Å²) in [6, 6.07) is 0. The van der Waals surface area contributed by atoms with Crippen LogP contribution in [-0.4, -0.2) is 77.7 Å². The van der Waals surface area contributed by atoms with Gasteiger partial charge in [-0.15, -0.1) is 0 Å². The zero-order valence-corrected chi connectivity index (χ0v) is 37.8. The Morgan fingerprint density at radius 3 is 0.622 bits per heavy atom. The van der Waals surface area contributed by atoms with E-state index in [-0.39, 0.29) is 0 Å². The maximum absolute atomic E-state index is 2.82. The van der Waals surface area contributed by atoms with Gasteiger partial charge in [0.25, 0.3) is 0 Å². The van der Waals surface area contributed by atoms with Crippen LogP contribution in [0.4, 0.5) is 0 Å². The molecule has 6 heteroatoms. The summed E-state index contributed by atoms with van der Waals surface area (Å²) in [5.41, 5.74) is 0. The Morgan fingerprint density at radius 2 is 0.422 bits per heavy atom. The van der Waals surface area contributed by atoms with Crippen molar-refractivity contribution in [3.63, 3.8) is 0 Å². The van der Waals surface area contributed by atoms with E-state index in [4.69, 9.17) is 0 Å². The van der Waals surface area contributed by atoms with E-state index >= 15 is 0 Å². The Balaban J connectivity index is -0.000000593. The highest BCUT2D eigenvalue weighted by molar-refractivity contribution is 6.74. The van der Waals surface area contributed by atoms with Gasteiger partial charge >= 0.3 is 0 Å². The zero-order chi connectivity index (χ0) is 35.2. The highest BCUT2D eigenvalue weighted by Crippen LogP contribution is 2.15. The number of hydrogen-bond acceptors (Lipinski definition) is 3. The lowest BCUT2D eigenvalue weighted by atomic mass is 10.2. The summed E-state index contributed by atoms with van der Waals surface area (Å²) < 4.78 is 8.36. The van der Waals surface area contributed by atoms with Crippen molar-refractivity contribution in [1.29, 1.82) is 0 Å². The van der Waals surface area contributed by atoms with E-state index in [1.165, 1.54) is 155 Å². The first-order valence-corrected chi connectivity index (χ1v) is 30.7. The average molecular weight is 688 g/mol. The Kier molecular flexibility index (Phi) is 35.2. The average Bonchev–Trinajstić information content (AvgIpc) is 2.94. The molecular formula is C39H93N3Si3. The number of rotatable bonds is 27. The predicted molar refractivity (Wildman–Crippen MR) is 222 cm³/mol. The van der Waals surface area contributed by atoms with E-state index in [2.05, 4.69) is 114 Å². The lowest BCUT2D eigenvalue weighted by molar-refractivity contribution is 0.390. The lowest BCUT2D eigenvalue weighted by Crippen LogP contribution is -2.47. The SMILES string of the molecule is CCCCCCN(CCCCCC)[Si](C)(C)C.CCCCCN(CCCCC)[Si](C)(C)C.CCCCN(CCCC)[Si](C)(C)C. The standard InChI is InChI=1S/C15H35NSi.C13H31NSi.C11H27NSi/c1-6-8-10-12-14-16(17(3,4)5)15-13-11-9-7-2;1-6-8-10-12-14(15(3,4)5)13-11-9-7-2;1-6-8-10-12(11-9-7-2)13(3,4)5/h6-15H2,1-5H3;6-13H2,1-5H3;6-11H2,1-5H3. The number of hydrogen-bond donors (Lipinski definition) is 0. The van der Waals surface area contributed by atoms with Crippen molar-refractivity contribution >= 4 is 24.7 Å². The van der Waals surface area contributed by atoms with E-state index in [0.29, 0.717) is 0 Å². The maximum Gasteiger partial charge on any atom is 0.119 e. The third-order valence-electron chi connectivity index (χ3n) is 9.04. The van der Waals surface area contributed by atoms with Crippen molar-refractivity contribution in [3.05, 3.63) is 0 Å². The summed E-state index contributed by atoms with van der Waals surface area (Å²) in [7, 11) is -3.15. The van der Waals surface area contributed by atoms with Gasteiger partial charge in [-0.25, -0.2) is 0 Å². The normalized spacial score (nSPS) is 12.4. The fourth-order valence-corrected chi connectivity index (χ4v) is 10.6. The second kappa shape index (κ2) is 31.8. The van der Waals surface area contributed by atoms with Gasteiger partial charge in [0.05, 0.1) is 0 Å². The van der Waals surface area contributed by atoms with Crippen LogP contribution >= 0.6 is 0 Å². The van der Waals surface area contributed by atoms with Crippen molar-refractivity contribution < 1.29 is 0 Å². The van der Waals surface area contributed by atoms with E-state index < -0.39 is 24.7 Å². The van der Waals surface area contributed by atoms with Crippen LogP contribution in [0.1, 0.15) is 157 Å². The molecule has 0 saturated heterocycles. The van der Waals surface area contributed by atoms with Crippen LogP contribution in [0.25, 0.3) is 0 Å². The Bertz CT molecular complexity index is 552. The summed E-state index contributed by atoms with van der Waals surface area (Å²) in [5.74, 6) is 0. The van der Waals surface area contributed by atoms with Gasteiger partial charge in [-0.2, -0.15) is 0 Å². The van der Waals surface area contributed by atoms with Gasteiger partial charge in [-0.05, 0) is 77.8 Å². The summed E-state index contributed by atoms with van der Waals surface area (Å²) in [5, 5.41) is 0. The molecule has 0 aliphatic carbocycles. The summed E-state index contributed by atoms with van der Waals surface area (Å²) in [6.45, 7) is 44.0. The minimum atomic E-state index is -1.07. The molecule has 0 unspecified atom stereocenters. The molecular weight excluding hydrogens is 595 g/mol. The fourth-order valence-electron chi connectivity index (χ4n) is 5.61. The topological polar surface area (TPSA) is 9.72 Å². The van der Waals surface area contributed by atoms with Crippen LogP contribution < -0.4 is 0 Å². The molecule has 0 saturated carbocycles. The van der Waals surface area contributed by atoms with Gasteiger partial charge in [-0.1, -0.05) is 178 Å². The minimum absolute atomic E-state index is 1.03. The van der Waals surface area contributed by atoms with Crippen molar-refractivity contribution in [3.8, 4) is 0 Å². The van der Waals surface area contributed by atoms with E-state index in [1.54, 1.807) is 0 Å². The summed E-state index contributed by atoms with van der Waals surface area (Å²) >= 11 is 0. The highest BCUT2D eigenvalue weighted by atomic mass is 28.3. The molecule has 276 valence electrons. The smallest absolute Gasteiger partial charge is 0.119 e. The van der Waals surface area contributed by atoms with Gasteiger partial charge in [-0.3, -0.25) is 0 Å². The molecule has 0 radical (unpaired) electrons. The molecule has 0 aromatic rings. The Morgan fingerprint density at radius 1 is 0.244 bits per heavy atom. The molecule has 0 aliphatic heterocycles. The van der Waals surface area contributed by atoms with Gasteiger partial charge in [0.1, 0.15) is 24.7 Å². The van der Waals surface area contributed by atoms with E-state index in [0.717, 1.165) is 0 Å². The van der Waals surface area contributed by atoms with Crippen LogP contribution in [0.5, 0.6) is 0 Å². The molecule has 0 heterocycles. The van der Waals surface area contributed by atoms with Gasteiger partial charge < -0.3 is 13.7 Å². The van der Waals surface area contributed by atoms with Crippen molar-refractivity contribution in [2.75, 3.05) is 39.3 Å².